The number of rotatable bonds is 2. The second-order valence-electron chi connectivity index (χ2n) is 6.02. The first-order chi connectivity index (χ1) is 9.60. The Morgan fingerprint density at radius 2 is 1.95 bits per heavy atom. The molecule has 4 nitrogen and oxygen atoms in total. The fraction of sp³-hybridized carbons (Fsp3) is 0.562. The highest BCUT2D eigenvalue weighted by Crippen LogP contribution is 2.37. The predicted octanol–water partition coefficient (Wildman–Crippen LogP) is 2.16. The van der Waals surface area contributed by atoms with Crippen molar-refractivity contribution in [3.05, 3.63) is 29.3 Å². The third-order valence-corrected chi connectivity index (χ3v) is 4.62. The first kappa shape index (κ1) is 13.4. The summed E-state index contributed by atoms with van der Waals surface area (Å²) in [4.78, 5) is 14.9. The highest BCUT2D eigenvalue weighted by atomic mass is 16.3. The van der Waals surface area contributed by atoms with E-state index in [9.17, 15) is 9.90 Å². The zero-order valence-electron chi connectivity index (χ0n) is 12.1. The molecule has 2 saturated heterocycles. The molecule has 2 bridgehead atoms. The van der Waals surface area contributed by atoms with Crippen molar-refractivity contribution in [2.75, 3.05) is 12.4 Å². The number of nitrogens with zero attached hydrogens (tertiary/aromatic N) is 1. The maximum atomic E-state index is 12.9. The molecule has 3 rings (SSSR count). The van der Waals surface area contributed by atoms with Crippen molar-refractivity contribution in [2.45, 2.75) is 50.8 Å². The standard InChI is InChI=1S/C16H22N2O2/c1-10-3-6-15(17-2)14(7-10)16(20)18-11-4-5-12(18)9-13(19)8-11/h3,6-7,11-13,17,19H,4-5,8-9H2,1-2H3. The van der Waals surface area contributed by atoms with Crippen LogP contribution in [0, 0.1) is 6.92 Å². The van der Waals surface area contributed by atoms with Crippen molar-refractivity contribution in [3.63, 3.8) is 0 Å². The maximum absolute atomic E-state index is 12.9. The zero-order valence-corrected chi connectivity index (χ0v) is 12.1. The van der Waals surface area contributed by atoms with Crippen LogP contribution >= 0.6 is 0 Å². The van der Waals surface area contributed by atoms with Crippen LogP contribution in [0.25, 0.3) is 0 Å². The fourth-order valence-corrected chi connectivity index (χ4v) is 3.67. The molecule has 1 aromatic carbocycles. The van der Waals surface area contributed by atoms with E-state index in [2.05, 4.69) is 5.32 Å². The number of aryl methyl sites for hydroxylation is 1. The first-order valence-electron chi connectivity index (χ1n) is 7.39. The minimum atomic E-state index is -0.238. The lowest BCUT2D eigenvalue weighted by atomic mass is 9.98. The minimum absolute atomic E-state index is 0.109. The lowest BCUT2D eigenvalue weighted by Gasteiger charge is -2.37. The monoisotopic (exact) mass is 274 g/mol. The summed E-state index contributed by atoms with van der Waals surface area (Å²) in [7, 11) is 1.84. The molecule has 0 spiro atoms. The van der Waals surface area contributed by atoms with Crippen LogP contribution in [0.2, 0.25) is 0 Å². The van der Waals surface area contributed by atoms with Gasteiger partial charge in [0.05, 0.1) is 11.7 Å². The normalized spacial score (nSPS) is 28.6. The van der Waals surface area contributed by atoms with Gasteiger partial charge in [-0.2, -0.15) is 0 Å². The molecule has 0 saturated carbocycles. The minimum Gasteiger partial charge on any atom is -0.393 e. The van der Waals surface area contributed by atoms with Gasteiger partial charge in [0.2, 0.25) is 0 Å². The summed E-state index contributed by atoms with van der Waals surface area (Å²) in [6.07, 6.45) is 3.26. The van der Waals surface area contributed by atoms with Gasteiger partial charge in [0.15, 0.2) is 0 Å². The second-order valence-corrected chi connectivity index (χ2v) is 6.02. The van der Waals surface area contributed by atoms with Crippen molar-refractivity contribution in [1.29, 1.82) is 0 Å². The average Bonchev–Trinajstić information content (AvgIpc) is 2.70. The van der Waals surface area contributed by atoms with Crippen molar-refractivity contribution >= 4 is 11.6 Å². The van der Waals surface area contributed by atoms with E-state index in [0.717, 1.165) is 42.5 Å². The predicted molar refractivity (Wildman–Crippen MR) is 78.9 cm³/mol. The molecule has 2 N–H and O–H groups in total. The fourth-order valence-electron chi connectivity index (χ4n) is 3.67. The van der Waals surface area contributed by atoms with Crippen LogP contribution in [-0.2, 0) is 0 Å². The van der Waals surface area contributed by atoms with Gasteiger partial charge in [-0.3, -0.25) is 4.79 Å². The van der Waals surface area contributed by atoms with Gasteiger partial charge in [0, 0.05) is 24.8 Å². The Bertz CT molecular complexity index is 515. The van der Waals surface area contributed by atoms with E-state index in [1.165, 1.54) is 0 Å². The van der Waals surface area contributed by atoms with E-state index < -0.39 is 0 Å². The Labute approximate surface area is 119 Å². The molecule has 2 unspecified atom stereocenters. The number of carbonyl (C=O) groups excluding carboxylic acids is 1. The van der Waals surface area contributed by atoms with Crippen LogP contribution in [0.1, 0.15) is 41.6 Å². The molecular weight excluding hydrogens is 252 g/mol. The number of hydrogen-bond acceptors (Lipinski definition) is 3. The van der Waals surface area contributed by atoms with Gasteiger partial charge in [-0.05, 0) is 44.7 Å². The number of carbonyl (C=O) groups is 1. The van der Waals surface area contributed by atoms with Crippen LogP contribution < -0.4 is 5.32 Å². The Hall–Kier alpha value is -1.55. The summed E-state index contributed by atoms with van der Waals surface area (Å²) in [5.74, 6) is 0.109. The van der Waals surface area contributed by atoms with Crippen LogP contribution in [0.15, 0.2) is 18.2 Å². The highest BCUT2D eigenvalue weighted by Gasteiger charge is 2.43. The molecule has 2 aliphatic heterocycles. The van der Waals surface area contributed by atoms with Crippen LogP contribution in [0.3, 0.4) is 0 Å². The molecule has 2 atom stereocenters. The number of aliphatic hydroxyl groups excluding tert-OH is 1. The Morgan fingerprint density at radius 1 is 1.30 bits per heavy atom. The molecule has 2 heterocycles. The number of hydrogen-bond donors (Lipinski definition) is 2. The zero-order chi connectivity index (χ0) is 14.3. The smallest absolute Gasteiger partial charge is 0.256 e. The van der Waals surface area contributed by atoms with Crippen molar-refractivity contribution in [2.24, 2.45) is 0 Å². The summed E-state index contributed by atoms with van der Waals surface area (Å²) in [6.45, 7) is 2.00. The van der Waals surface area contributed by atoms with E-state index in [0.29, 0.717) is 0 Å². The number of benzene rings is 1. The molecule has 4 heteroatoms. The van der Waals surface area contributed by atoms with Gasteiger partial charge in [-0.25, -0.2) is 0 Å². The van der Waals surface area contributed by atoms with E-state index in [1.54, 1.807) is 0 Å². The molecule has 0 radical (unpaired) electrons. The van der Waals surface area contributed by atoms with Gasteiger partial charge in [-0.15, -0.1) is 0 Å². The summed E-state index contributed by atoms with van der Waals surface area (Å²) >= 11 is 0. The van der Waals surface area contributed by atoms with Gasteiger partial charge in [0.25, 0.3) is 5.91 Å². The van der Waals surface area contributed by atoms with Crippen LogP contribution in [-0.4, -0.2) is 41.1 Å². The van der Waals surface area contributed by atoms with Gasteiger partial charge in [0.1, 0.15) is 0 Å². The summed E-state index contributed by atoms with van der Waals surface area (Å²) in [6, 6.07) is 6.35. The average molecular weight is 274 g/mol. The molecule has 0 aliphatic carbocycles. The molecular formula is C16H22N2O2. The number of anilines is 1. The van der Waals surface area contributed by atoms with Crippen LogP contribution in [0.5, 0.6) is 0 Å². The lowest BCUT2D eigenvalue weighted by Crippen LogP contribution is -2.48. The van der Waals surface area contributed by atoms with Gasteiger partial charge >= 0.3 is 0 Å². The highest BCUT2D eigenvalue weighted by molar-refractivity contribution is 6.00. The maximum Gasteiger partial charge on any atom is 0.256 e. The second kappa shape index (κ2) is 5.09. The number of piperidine rings is 1. The van der Waals surface area contributed by atoms with Gasteiger partial charge in [-0.1, -0.05) is 11.6 Å². The molecule has 20 heavy (non-hydrogen) atoms. The molecule has 2 fully saturated rings. The summed E-state index contributed by atoms with van der Waals surface area (Å²) in [5.41, 5.74) is 2.73. The van der Waals surface area contributed by atoms with E-state index >= 15 is 0 Å². The molecule has 2 aliphatic rings. The molecule has 1 aromatic rings. The summed E-state index contributed by atoms with van der Waals surface area (Å²) in [5, 5.41) is 13.0. The van der Waals surface area contributed by atoms with E-state index in [4.69, 9.17) is 0 Å². The van der Waals surface area contributed by atoms with Crippen molar-refractivity contribution in [3.8, 4) is 0 Å². The third-order valence-electron chi connectivity index (χ3n) is 4.62. The van der Waals surface area contributed by atoms with E-state index in [1.807, 2.05) is 37.1 Å². The number of nitrogens with one attached hydrogen (secondary N) is 1. The van der Waals surface area contributed by atoms with Crippen LogP contribution in [0.4, 0.5) is 5.69 Å². The Kier molecular flexibility index (Phi) is 3.42. The lowest BCUT2D eigenvalue weighted by molar-refractivity contribution is 0.0287. The molecule has 108 valence electrons. The molecule has 1 amide bonds. The SMILES string of the molecule is CNc1ccc(C)cc1C(=O)N1C2CCC1CC(O)C2. The number of aliphatic hydroxyl groups is 1. The Morgan fingerprint density at radius 3 is 2.55 bits per heavy atom. The third kappa shape index (κ3) is 2.18. The van der Waals surface area contributed by atoms with Crippen molar-refractivity contribution < 1.29 is 9.90 Å². The topological polar surface area (TPSA) is 52.6 Å². The number of fused-ring (bicyclic) bond motifs is 2. The Balaban J connectivity index is 1.92. The summed E-state index contributed by atoms with van der Waals surface area (Å²) < 4.78 is 0. The largest absolute Gasteiger partial charge is 0.393 e. The quantitative estimate of drug-likeness (QED) is 0.869. The number of amides is 1. The first-order valence-corrected chi connectivity index (χ1v) is 7.39. The van der Waals surface area contributed by atoms with E-state index in [-0.39, 0.29) is 24.1 Å². The van der Waals surface area contributed by atoms with Crippen molar-refractivity contribution in [1.82, 2.24) is 4.90 Å². The molecule has 0 aromatic heterocycles. The van der Waals surface area contributed by atoms with Gasteiger partial charge < -0.3 is 15.3 Å².